The SMILES string of the molecule is CCSC(C)Cn1cncc1[N+](=O)[O-]. The van der Waals surface area contributed by atoms with Crippen LogP contribution in [0.3, 0.4) is 0 Å². The number of thioether (sulfide) groups is 1. The van der Waals surface area contributed by atoms with E-state index in [1.165, 1.54) is 12.5 Å². The van der Waals surface area contributed by atoms with E-state index < -0.39 is 4.92 Å². The second-order valence-electron chi connectivity index (χ2n) is 2.93. The topological polar surface area (TPSA) is 61.0 Å². The first-order chi connectivity index (χ1) is 6.65. The Morgan fingerprint density at radius 3 is 3.07 bits per heavy atom. The molecular weight excluding hydrogens is 202 g/mol. The Bertz CT molecular complexity index is 313. The zero-order valence-electron chi connectivity index (χ0n) is 8.21. The molecule has 0 aliphatic rings. The largest absolute Gasteiger partial charge is 0.358 e. The highest BCUT2D eigenvalue weighted by atomic mass is 32.2. The standard InChI is InChI=1S/C8H13N3O2S/c1-3-14-7(2)5-10-6-9-4-8(10)11(12)13/h4,6-7H,3,5H2,1-2H3. The average molecular weight is 215 g/mol. The van der Waals surface area contributed by atoms with Gasteiger partial charge in [-0.3, -0.25) is 0 Å². The van der Waals surface area contributed by atoms with Gasteiger partial charge in [-0.15, -0.1) is 0 Å². The molecule has 1 atom stereocenters. The third-order valence-electron chi connectivity index (χ3n) is 1.78. The number of aromatic nitrogens is 2. The van der Waals surface area contributed by atoms with Crippen molar-refractivity contribution in [3.8, 4) is 0 Å². The van der Waals surface area contributed by atoms with E-state index in [9.17, 15) is 10.1 Å². The lowest BCUT2D eigenvalue weighted by atomic mass is 10.4. The molecule has 0 aromatic carbocycles. The summed E-state index contributed by atoms with van der Waals surface area (Å²) in [5, 5.41) is 10.9. The van der Waals surface area contributed by atoms with Gasteiger partial charge in [0, 0.05) is 5.25 Å². The number of hydrogen-bond donors (Lipinski definition) is 0. The predicted octanol–water partition coefficient (Wildman–Crippen LogP) is 1.93. The van der Waals surface area contributed by atoms with Crippen molar-refractivity contribution in [2.45, 2.75) is 25.6 Å². The van der Waals surface area contributed by atoms with Gasteiger partial charge >= 0.3 is 5.82 Å². The van der Waals surface area contributed by atoms with Crippen molar-refractivity contribution in [2.24, 2.45) is 0 Å². The van der Waals surface area contributed by atoms with Crippen LogP contribution in [0.4, 0.5) is 5.82 Å². The first kappa shape index (κ1) is 11.0. The van der Waals surface area contributed by atoms with Crippen molar-refractivity contribution in [3.63, 3.8) is 0 Å². The van der Waals surface area contributed by atoms with Crippen LogP contribution in [0, 0.1) is 10.1 Å². The number of rotatable bonds is 5. The Kier molecular flexibility index (Phi) is 3.94. The molecule has 0 fully saturated rings. The van der Waals surface area contributed by atoms with Gasteiger partial charge in [0.1, 0.15) is 12.7 Å². The van der Waals surface area contributed by atoms with Gasteiger partial charge in [-0.2, -0.15) is 11.8 Å². The Hall–Kier alpha value is -1.04. The molecule has 1 aromatic heterocycles. The molecule has 0 saturated carbocycles. The summed E-state index contributed by atoms with van der Waals surface area (Å²) in [6.45, 7) is 4.76. The minimum atomic E-state index is -0.406. The molecule has 78 valence electrons. The van der Waals surface area contributed by atoms with Crippen LogP contribution in [0.1, 0.15) is 13.8 Å². The van der Waals surface area contributed by atoms with Crippen LogP contribution in [0.2, 0.25) is 0 Å². The summed E-state index contributed by atoms with van der Waals surface area (Å²) in [6, 6.07) is 0. The molecule has 1 heterocycles. The number of nitrogens with zero attached hydrogens (tertiary/aromatic N) is 3. The van der Waals surface area contributed by atoms with Crippen molar-refractivity contribution in [3.05, 3.63) is 22.6 Å². The molecule has 0 aliphatic heterocycles. The third kappa shape index (κ3) is 2.73. The van der Waals surface area contributed by atoms with Crippen molar-refractivity contribution < 1.29 is 4.92 Å². The van der Waals surface area contributed by atoms with E-state index in [0.29, 0.717) is 11.8 Å². The maximum absolute atomic E-state index is 10.6. The first-order valence-electron chi connectivity index (χ1n) is 4.41. The van der Waals surface area contributed by atoms with Gasteiger partial charge in [-0.05, 0) is 17.6 Å². The van der Waals surface area contributed by atoms with Gasteiger partial charge in [-0.1, -0.05) is 6.92 Å². The van der Waals surface area contributed by atoms with Crippen LogP contribution >= 0.6 is 11.8 Å². The van der Waals surface area contributed by atoms with Crippen LogP contribution in [0.5, 0.6) is 0 Å². The number of hydrogen-bond acceptors (Lipinski definition) is 4. The zero-order valence-corrected chi connectivity index (χ0v) is 9.03. The summed E-state index contributed by atoms with van der Waals surface area (Å²) >= 11 is 1.78. The molecule has 6 heteroatoms. The molecule has 0 bridgehead atoms. The molecule has 1 aromatic rings. The van der Waals surface area contributed by atoms with Crippen LogP contribution in [0.25, 0.3) is 0 Å². The van der Waals surface area contributed by atoms with Gasteiger partial charge in [0.15, 0.2) is 6.33 Å². The summed E-state index contributed by atoms with van der Waals surface area (Å²) in [5.41, 5.74) is 0. The zero-order chi connectivity index (χ0) is 10.6. The van der Waals surface area contributed by atoms with Crippen molar-refractivity contribution in [1.82, 2.24) is 9.55 Å². The molecule has 0 aliphatic carbocycles. The Balaban J connectivity index is 2.66. The smallest absolute Gasteiger partial charge is 0.342 e. The molecule has 0 N–H and O–H groups in total. The van der Waals surface area contributed by atoms with Gasteiger partial charge in [-0.25, -0.2) is 9.55 Å². The van der Waals surface area contributed by atoms with Crippen molar-refractivity contribution in [1.29, 1.82) is 0 Å². The normalized spacial score (nSPS) is 12.7. The average Bonchev–Trinajstić information content (AvgIpc) is 2.52. The summed E-state index contributed by atoms with van der Waals surface area (Å²) < 4.78 is 1.58. The molecule has 5 nitrogen and oxygen atoms in total. The molecule has 1 rings (SSSR count). The van der Waals surface area contributed by atoms with Crippen LogP contribution in [0.15, 0.2) is 12.5 Å². The van der Waals surface area contributed by atoms with Crippen molar-refractivity contribution in [2.75, 3.05) is 5.75 Å². The minimum Gasteiger partial charge on any atom is -0.358 e. The lowest BCUT2D eigenvalue weighted by Gasteiger charge is -2.07. The highest BCUT2D eigenvalue weighted by molar-refractivity contribution is 7.99. The fourth-order valence-electron chi connectivity index (χ4n) is 1.22. The molecule has 0 spiro atoms. The maximum atomic E-state index is 10.6. The Labute approximate surface area is 86.7 Å². The summed E-state index contributed by atoms with van der Waals surface area (Å²) in [7, 11) is 0. The van der Waals surface area contributed by atoms with E-state index in [1.54, 1.807) is 16.3 Å². The summed E-state index contributed by atoms with van der Waals surface area (Å²) in [4.78, 5) is 13.9. The fourth-order valence-corrected chi connectivity index (χ4v) is 2.06. The lowest BCUT2D eigenvalue weighted by molar-refractivity contribution is -0.392. The predicted molar refractivity (Wildman–Crippen MR) is 56.5 cm³/mol. The highest BCUT2D eigenvalue weighted by Gasteiger charge is 2.15. The summed E-state index contributed by atoms with van der Waals surface area (Å²) in [6.07, 6.45) is 2.79. The van der Waals surface area contributed by atoms with Gasteiger partial charge in [0.05, 0.1) is 0 Å². The maximum Gasteiger partial charge on any atom is 0.342 e. The van der Waals surface area contributed by atoms with Crippen LogP contribution in [-0.4, -0.2) is 25.5 Å². The molecular formula is C8H13N3O2S. The van der Waals surface area contributed by atoms with E-state index in [4.69, 9.17) is 0 Å². The molecule has 1 unspecified atom stereocenters. The minimum absolute atomic E-state index is 0.0635. The molecule has 0 radical (unpaired) electrons. The number of nitro groups is 1. The number of imidazole rings is 1. The summed E-state index contributed by atoms with van der Waals surface area (Å²) in [5.74, 6) is 1.08. The second-order valence-corrected chi connectivity index (χ2v) is 4.64. The van der Waals surface area contributed by atoms with Crippen molar-refractivity contribution >= 4 is 17.6 Å². The Morgan fingerprint density at radius 1 is 1.79 bits per heavy atom. The molecule has 0 saturated heterocycles. The fraction of sp³-hybridized carbons (Fsp3) is 0.625. The van der Waals surface area contributed by atoms with Gasteiger partial charge in [0.25, 0.3) is 0 Å². The second kappa shape index (κ2) is 4.99. The van der Waals surface area contributed by atoms with E-state index in [2.05, 4.69) is 18.8 Å². The Morgan fingerprint density at radius 2 is 2.50 bits per heavy atom. The van der Waals surface area contributed by atoms with E-state index in [-0.39, 0.29) is 5.82 Å². The molecule has 0 amide bonds. The third-order valence-corrected chi connectivity index (χ3v) is 2.83. The first-order valence-corrected chi connectivity index (χ1v) is 5.46. The van der Waals surface area contributed by atoms with Crippen LogP contribution in [-0.2, 0) is 6.54 Å². The van der Waals surface area contributed by atoms with E-state index in [0.717, 1.165) is 5.75 Å². The van der Waals surface area contributed by atoms with Gasteiger partial charge < -0.3 is 10.1 Å². The van der Waals surface area contributed by atoms with Crippen LogP contribution < -0.4 is 0 Å². The van der Waals surface area contributed by atoms with E-state index in [1.807, 2.05) is 0 Å². The quantitative estimate of drug-likeness (QED) is 0.556. The molecule has 14 heavy (non-hydrogen) atoms. The lowest BCUT2D eigenvalue weighted by Crippen LogP contribution is -2.10. The van der Waals surface area contributed by atoms with E-state index >= 15 is 0 Å². The highest BCUT2D eigenvalue weighted by Crippen LogP contribution is 2.16. The van der Waals surface area contributed by atoms with Gasteiger partial charge in [0.2, 0.25) is 0 Å². The monoisotopic (exact) mass is 215 g/mol.